The lowest BCUT2D eigenvalue weighted by Crippen LogP contribution is -2.44. The molecular weight excluding hydrogens is 318 g/mol. The van der Waals surface area contributed by atoms with Crippen molar-refractivity contribution in [3.63, 3.8) is 0 Å². The summed E-state index contributed by atoms with van der Waals surface area (Å²) in [5, 5.41) is 25.5. The van der Waals surface area contributed by atoms with Crippen molar-refractivity contribution >= 4 is 5.52 Å². The topological polar surface area (TPSA) is 93.1 Å². The van der Waals surface area contributed by atoms with Gasteiger partial charge in [0.1, 0.15) is 28.6 Å². The van der Waals surface area contributed by atoms with Gasteiger partial charge in [-0.25, -0.2) is 9.20 Å². The Bertz CT molecular complexity index is 975. The van der Waals surface area contributed by atoms with Gasteiger partial charge in [-0.2, -0.15) is 10.4 Å². The van der Waals surface area contributed by atoms with E-state index in [1.54, 1.807) is 10.7 Å². The van der Waals surface area contributed by atoms with Crippen LogP contribution in [-0.2, 0) is 0 Å². The molecule has 0 saturated carbocycles. The Kier molecular flexibility index (Phi) is 3.66. The number of hydrogen-bond acceptors (Lipinski definition) is 6. The zero-order valence-corrected chi connectivity index (χ0v) is 14.4. The quantitative estimate of drug-likeness (QED) is 0.779. The molecule has 1 saturated heterocycles. The average Bonchev–Trinajstić information content (AvgIpc) is 3.09. The van der Waals surface area contributed by atoms with Crippen LogP contribution in [0.3, 0.4) is 0 Å². The maximum absolute atomic E-state index is 9.32. The normalized spacial score (nSPS) is 14.7. The van der Waals surface area contributed by atoms with Crippen molar-refractivity contribution in [3.8, 4) is 23.1 Å². The fraction of sp³-hybridized carbons (Fsp3) is 0.412. The Balaban J connectivity index is 1.85. The van der Waals surface area contributed by atoms with Crippen LogP contribution in [0.15, 0.2) is 18.5 Å². The first kappa shape index (κ1) is 15.6. The highest BCUT2D eigenvalue weighted by Gasteiger charge is 2.24. The molecule has 4 rings (SSSR count). The summed E-state index contributed by atoms with van der Waals surface area (Å²) < 4.78 is 9.58. The summed E-state index contributed by atoms with van der Waals surface area (Å²) in [6, 6.07) is 4.43. The van der Waals surface area contributed by atoms with Crippen molar-refractivity contribution in [3.05, 3.63) is 29.7 Å². The van der Waals surface area contributed by atoms with E-state index in [1.807, 2.05) is 37.7 Å². The number of fused-ring (bicyclic) bond motifs is 1. The van der Waals surface area contributed by atoms with Gasteiger partial charge in [-0.3, -0.25) is 0 Å². The minimum atomic E-state index is -0.0154. The molecule has 3 aromatic rings. The minimum absolute atomic E-state index is 0.0154. The van der Waals surface area contributed by atoms with Gasteiger partial charge in [0.15, 0.2) is 0 Å². The highest BCUT2D eigenvalue weighted by molar-refractivity contribution is 5.74. The molecule has 0 bridgehead atoms. The third-order valence-electron chi connectivity index (χ3n) is 4.37. The molecule has 4 heterocycles. The van der Waals surface area contributed by atoms with E-state index in [0.717, 1.165) is 30.0 Å². The lowest BCUT2D eigenvalue weighted by atomic mass is 10.1. The van der Waals surface area contributed by atoms with Crippen LogP contribution in [0.25, 0.3) is 16.8 Å². The van der Waals surface area contributed by atoms with Gasteiger partial charge in [0.25, 0.3) is 0 Å². The number of pyridine rings is 1. The standard InChI is InChI=1S/C17H19N7O/c1-10(2)25-15-4-12(9-23-17(15)13(5-18)6-20-23)16-11(3)24(22-21-16)14-7-19-8-14/h4,6,9-10,14,19H,7-8H2,1-3H3. The van der Waals surface area contributed by atoms with Gasteiger partial charge < -0.3 is 10.1 Å². The van der Waals surface area contributed by atoms with E-state index in [2.05, 4.69) is 26.8 Å². The molecular formula is C17H19N7O. The summed E-state index contributed by atoms with van der Waals surface area (Å²) in [7, 11) is 0. The molecule has 0 aromatic carbocycles. The predicted molar refractivity (Wildman–Crippen MR) is 91.3 cm³/mol. The zero-order chi connectivity index (χ0) is 17.6. The Labute approximate surface area is 145 Å². The molecule has 25 heavy (non-hydrogen) atoms. The van der Waals surface area contributed by atoms with Crippen molar-refractivity contribution in [1.29, 1.82) is 5.26 Å². The highest BCUT2D eigenvalue weighted by Crippen LogP contribution is 2.31. The van der Waals surface area contributed by atoms with E-state index in [1.165, 1.54) is 0 Å². The van der Waals surface area contributed by atoms with Gasteiger partial charge in [0, 0.05) is 24.8 Å². The van der Waals surface area contributed by atoms with Crippen molar-refractivity contribution in [2.75, 3.05) is 13.1 Å². The van der Waals surface area contributed by atoms with Crippen LogP contribution >= 0.6 is 0 Å². The van der Waals surface area contributed by atoms with E-state index < -0.39 is 0 Å². The lowest BCUT2D eigenvalue weighted by Gasteiger charge is -2.27. The maximum atomic E-state index is 9.32. The van der Waals surface area contributed by atoms with Crippen LogP contribution in [0.4, 0.5) is 0 Å². The van der Waals surface area contributed by atoms with Crippen molar-refractivity contribution in [1.82, 2.24) is 29.9 Å². The zero-order valence-electron chi connectivity index (χ0n) is 14.4. The minimum Gasteiger partial charge on any atom is -0.489 e. The molecule has 0 aliphatic carbocycles. The van der Waals surface area contributed by atoms with E-state index in [4.69, 9.17) is 4.74 Å². The summed E-state index contributed by atoms with van der Waals surface area (Å²) in [5.74, 6) is 0.626. The molecule has 8 heteroatoms. The van der Waals surface area contributed by atoms with Crippen LogP contribution in [0.1, 0.15) is 31.1 Å². The fourth-order valence-electron chi connectivity index (χ4n) is 3.04. The van der Waals surface area contributed by atoms with Crippen molar-refractivity contribution in [2.45, 2.75) is 32.9 Å². The molecule has 0 amide bonds. The van der Waals surface area contributed by atoms with Crippen LogP contribution < -0.4 is 10.1 Å². The lowest BCUT2D eigenvalue weighted by molar-refractivity contribution is 0.244. The van der Waals surface area contributed by atoms with E-state index in [-0.39, 0.29) is 6.10 Å². The second kappa shape index (κ2) is 5.86. The first-order valence-corrected chi connectivity index (χ1v) is 8.29. The fourth-order valence-corrected chi connectivity index (χ4v) is 3.04. The van der Waals surface area contributed by atoms with E-state index >= 15 is 0 Å². The van der Waals surface area contributed by atoms with E-state index in [9.17, 15) is 5.26 Å². The van der Waals surface area contributed by atoms with E-state index in [0.29, 0.717) is 22.9 Å². The summed E-state index contributed by atoms with van der Waals surface area (Å²) >= 11 is 0. The molecule has 1 aliphatic heterocycles. The van der Waals surface area contributed by atoms with Gasteiger partial charge in [-0.15, -0.1) is 5.10 Å². The molecule has 1 N–H and O–H groups in total. The second-order valence-corrected chi connectivity index (χ2v) is 6.50. The smallest absolute Gasteiger partial charge is 0.147 e. The third-order valence-corrected chi connectivity index (χ3v) is 4.37. The molecule has 0 unspecified atom stereocenters. The molecule has 128 valence electrons. The van der Waals surface area contributed by atoms with Gasteiger partial charge in [0.2, 0.25) is 0 Å². The van der Waals surface area contributed by atoms with Crippen molar-refractivity contribution in [2.24, 2.45) is 0 Å². The molecule has 1 aliphatic rings. The van der Waals surface area contributed by atoms with Gasteiger partial charge in [0.05, 0.1) is 24.0 Å². The van der Waals surface area contributed by atoms with Crippen LogP contribution in [0.5, 0.6) is 5.75 Å². The Morgan fingerprint density at radius 3 is 2.84 bits per heavy atom. The number of rotatable bonds is 4. The Morgan fingerprint density at radius 1 is 1.40 bits per heavy atom. The maximum Gasteiger partial charge on any atom is 0.147 e. The molecule has 8 nitrogen and oxygen atoms in total. The summed E-state index contributed by atoms with van der Waals surface area (Å²) in [6.45, 7) is 7.75. The summed E-state index contributed by atoms with van der Waals surface area (Å²) in [5.41, 5.74) is 3.84. The summed E-state index contributed by atoms with van der Waals surface area (Å²) in [6.07, 6.45) is 3.40. The second-order valence-electron chi connectivity index (χ2n) is 6.50. The molecule has 0 spiro atoms. The molecule has 0 radical (unpaired) electrons. The highest BCUT2D eigenvalue weighted by atomic mass is 16.5. The third kappa shape index (κ3) is 2.53. The van der Waals surface area contributed by atoms with Crippen LogP contribution in [0, 0.1) is 18.3 Å². The number of ether oxygens (including phenoxy) is 1. The van der Waals surface area contributed by atoms with Crippen LogP contribution in [-0.4, -0.2) is 43.8 Å². The molecule has 3 aromatic heterocycles. The average molecular weight is 337 g/mol. The monoisotopic (exact) mass is 337 g/mol. The van der Waals surface area contributed by atoms with Crippen molar-refractivity contribution < 1.29 is 4.74 Å². The number of hydrogen-bond donors (Lipinski definition) is 1. The molecule has 0 atom stereocenters. The Morgan fingerprint density at radius 2 is 2.20 bits per heavy atom. The van der Waals surface area contributed by atoms with Gasteiger partial charge in [-0.1, -0.05) is 5.21 Å². The first-order chi connectivity index (χ1) is 12.1. The number of nitriles is 1. The number of nitrogens with one attached hydrogen (secondary N) is 1. The number of nitrogens with zero attached hydrogens (tertiary/aromatic N) is 6. The number of aromatic nitrogens is 5. The Hall–Kier alpha value is -2.92. The van der Waals surface area contributed by atoms with Gasteiger partial charge >= 0.3 is 0 Å². The summed E-state index contributed by atoms with van der Waals surface area (Å²) in [4.78, 5) is 0. The molecule has 1 fully saturated rings. The first-order valence-electron chi connectivity index (χ1n) is 8.29. The van der Waals surface area contributed by atoms with Gasteiger partial charge in [-0.05, 0) is 26.8 Å². The SMILES string of the molecule is Cc1c(-c2cc(OC(C)C)c3c(C#N)cnn3c2)nnn1C1CNC1. The largest absolute Gasteiger partial charge is 0.489 e. The predicted octanol–water partition coefficient (Wildman–Crippen LogP) is 1.70. The van der Waals surface area contributed by atoms with Crippen LogP contribution in [0.2, 0.25) is 0 Å².